The summed E-state index contributed by atoms with van der Waals surface area (Å²) >= 11 is 0. The van der Waals surface area contributed by atoms with Gasteiger partial charge in [-0.25, -0.2) is 4.79 Å². The normalized spacial score (nSPS) is 11.7. The molecular formula is C23H27NO3. The molecule has 0 aromatic heterocycles. The Morgan fingerprint density at radius 2 is 1.67 bits per heavy atom. The van der Waals surface area contributed by atoms with E-state index in [-0.39, 0.29) is 6.09 Å². The smallest absolute Gasteiger partial charge is 0.415 e. The number of hydrogen-bond acceptors (Lipinski definition) is 3. The fourth-order valence-corrected chi connectivity index (χ4v) is 2.34. The van der Waals surface area contributed by atoms with Gasteiger partial charge in [0.2, 0.25) is 0 Å². The molecule has 27 heavy (non-hydrogen) atoms. The minimum Gasteiger partial charge on any atom is -0.497 e. The van der Waals surface area contributed by atoms with Gasteiger partial charge in [0, 0.05) is 12.2 Å². The van der Waals surface area contributed by atoms with Crippen molar-refractivity contribution in [3.05, 3.63) is 78.4 Å². The summed E-state index contributed by atoms with van der Waals surface area (Å²) in [6, 6.07) is 17.4. The Morgan fingerprint density at radius 3 is 2.26 bits per heavy atom. The Bertz CT molecular complexity index is 772. The lowest BCUT2D eigenvalue weighted by Gasteiger charge is -2.26. The number of carbonyl (C=O) groups excluding carboxylic acids is 1. The minimum absolute atomic E-state index is 0.385. The molecule has 0 aliphatic carbocycles. The number of anilines is 1. The van der Waals surface area contributed by atoms with Gasteiger partial charge in [-0.05, 0) is 50.6 Å². The van der Waals surface area contributed by atoms with E-state index in [2.05, 4.69) is 0 Å². The molecule has 2 aromatic carbocycles. The minimum atomic E-state index is -0.557. The van der Waals surface area contributed by atoms with Crippen LogP contribution in [0.25, 0.3) is 6.08 Å². The van der Waals surface area contributed by atoms with Gasteiger partial charge in [-0.3, -0.25) is 4.90 Å². The zero-order valence-corrected chi connectivity index (χ0v) is 16.4. The van der Waals surface area contributed by atoms with Crippen LogP contribution in [-0.2, 0) is 4.74 Å². The number of methoxy groups -OCH3 is 1. The van der Waals surface area contributed by atoms with Crippen LogP contribution >= 0.6 is 0 Å². The van der Waals surface area contributed by atoms with Crippen molar-refractivity contribution in [1.29, 1.82) is 0 Å². The van der Waals surface area contributed by atoms with Gasteiger partial charge in [0.05, 0.1) is 7.11 Å². The molecule has 4 heteroatoms. The molecule has 142 valence electrons. The summed E-state index contributed by atoms with van der Waals surface area (Å²) in [5, 5.41) is 0. The maximum absolute atomic E-state index is 12.6. The quantitative estimate of drug-likeness (QED) is 0.616. The molecule has 0 aliphatic rings. The Balaban J connectivity index is 2.10. The maximum Gasteiger partial charge on any atom is 0.415 e. The van der Waals surface area contributed by atoms with Crippen molar-refractivity contribution in [2.45, 2.75) is 26.4 Å². The van der Waals surface area contributed by atoms with E-state index in [0.717, 1.165) is 17.0 Å². The Hall–Kier alpha value is -3.01. The fourth-order valence-electron chi connectivity index (χ4n) is 2.34. The second kappa shape index (κ2) is 9.62. The summed E-state index contributed by atoms with van der Waals surface area (Å²) < 4.78 is 10.7. The second-order valence-corrected chi connectivity index (χ2v) is 6.99. The lowest BCUT2D eigenvalue weighted by Crippen LogP contribution is -2.37. The van der Waals surface area contributed by atoms with Crippen LogP contribution in [0.2, 0.25) is 0 Å². The number of ether oxygens (including phenoxy) is 2. The molecule has 0 saturated carbocycles. The van der Waals surface area contributed by atoms with Crippen LogP contribution in [0.5, 0.6) is 5.75 Å². The first-order valence-corrected chi connectivity index (χ1v) is 8.92. The van der Waals surface area contributed by atoms with Crippen molar-refractivity contribution in [3.8, 4) is 5.75 Å². The third-order valence-corrected chi connectivity index (χ3v) is 3.62. The Kier molecular flexibility index (Phi) is 7.24. The van der Waals surface area contributed by atoms with Crippen molar-refractivity contribution in [2.75, 3.05) is 18.6 Å². The van der Waals surface area contributed by atoms with Crippen LogP contribution in [0.3, 0.4) is 0 Å². The molecule has 0 aliphatic heterocycles. The Morgan fingerprint density at radius 1 is 1.00 bits per heavy atom. The molecule has 0 unspecified atom stereocenters. The molecule has 1 amide bonds. The van der Waals surface area contributed by atoms with Crippen LogP contribution in [0.15, 0.2) is 72.8 Å². The molecule has 0 atom stereocenters. The van der Waals surface area contributed by atoms with Crippen molar-refractivity contribution in [1.82, 2.24) is 0 Å². The molecule has 0 spiro atoms. The van der Waals surface area contributed by atoms with E-state index < -0.39 is 5.60 Å². The highest BCUT2D eigenvalue weighted by molar-refractivity contribution is 5.88. The first-order chi connectivity index (χ1) is 12.9. The average molecular weight is 365 g/mol. The number of rotatable bonds is 6. The van der Waals surface area contributed by atoms with Gasteiger partial charge < -0.3 is 9.47 Å². The van der Waals surface area contributed by atoms with E-state index >= 15 is 0 Å². The van der Waals surface area contributed by atoms with Crippen molar-refractivity contribution < 1.29 is 14.3 Å². The summed E-state index contributed by atoms with van der Waals surface area (Å²) in [6.07, 6.45) is 7.43. The van der Waals surface area contributed by atoms with E-state index in [0.29, 0.717) is 6.54 Å². The molecule has 0 fully saturated rings. The number of benzene rings is 2. The van der Waals surface area contributed by atoms with Gasteiger partial charge in [0.15, 0.2) is 0 Å². The topological polar surface area (TPSA) is 38.8 Å². The summed E-state index contributed by atoms with van der Waals surface area (Å²) in [4.78, 5) is 14.2. The van der Waals surface area contributed by atoms with Crippen LogP contribution in [-0.4, -0.2) is 25.3 Å². The summed E-state index contributed by atoms with van der Waals surface area (Å²) in [6.45, 7) is 5.97. The van der Waals surface area contributed by atoms with Gasteiger partial charge in [-0.15, -0.1) is 0 Å². The first kappa shape index (κ1) is 20.3. The molecule has 0 saturated heterocycles. The molecule has 2 aromatic rings. The fraction of sp³-hybridized carbons (Fsp3) is 0.261. The lowest BCUT2D eigenvalue weighted by molar-refractivity contribution is 0.0584. The standard InChI is InChI=1S/C23H27NO3/c1-23(2,3)27-22(25)24(20-14-16-21(26-4)17-15-20)18-10-6-9-13-19-11-7-5-8-12-19/h5-17H,18H2,1-4H3/b10-6+,13-9+. The highest BCUT2D eigenvalue weighted by atomic mass is 16.6. The highest BCUT2D eigenvalue weighted by Gasteiger charge is 2.22. The van der Waals surface area contributed by atoms with Gasteiger partial charge >= 0.3 is 6.09 Å². The number of hydrogen-bond donors (Lipinski definition) is 0. The van der Waals surface area contributed by atoms with Crippen LogP contribution in [0.4, 0.5) is 10.5 Å². The lowest BCUT2D eigenvalue weighted by atomic mass is 10.2. The van der Waals surface area contributed by atoms with Crippen LogP contribution in [0, 0.1) is 0 Å². The third kappa shape index (κ3) is 7.02. The summed E-state index contributed by atoms with van der Waals surface area (Å²) in [7, 11) is 1.61. The monoisotopic (exact) mass is 365 g/mol. The first-order valence-electron chi connectivity index (χ1n) is 8.92. The molecular weight excluding hydrogens is 338 g/mol. The SMILES string of the molecule is COc1ccc(N(C/C=C/C=C/c2ccccc2)C(=O)OC(C)(C)C)cc1. The zero-order valence-electron chi connectivity index (χ0n) is 16.4. The maximum atomic E-state index is 12.6. The number of amides is 1. The van der Waals surface area contributed by atoms with E-state index in [1.54, 1.807) is 12.0 Å². The van der Waals surface area contributed by atoms with E-state index in [4.69, 9.17) is 9.47 Å². The Labute approximate surface area is 161 Å². The molecule has 0 heterocycles. The van der Waals surface area contributed by atoms with Gasteiger partial charge in [0.25, 0.3) is 0 Å². The van der Waals surface area contributed by atoms with Crippen molar-refractivity contribution in [3.63, 3.8) is 0 Å². The summed E-state index contributed by atoms with van der Waals surface area (Å²) in [5.41, 5.74) is 1.32. The molecule has 0 radical (unpaired) electrons. The van der Waals surface area contributed by atoms with E-state index in [9.17, 15) is 4.79 Å². The third-order valence-electron chi connectivity index (χ3n) is 3.62. The largest absolute Gasteiger partial charge is 0.497 e. The molecule has 4 nitrogen and oxygen atoms in total. The van der Waals surface area contributed by atoms with Crippen molar-refractivity contribution in [2.24, 2.45) is 0 Å². The van der Waals surface area contributed by atoms with Gasteiger partial charge in [0.1, 0.15) is 11.4 Å². The summed E-state index contributed by atoms with van der Waals surface area (Å²) in [5.74, 6) is 0.740. The molecule has 0 bridgehead atoms. The number of allylic oxidation sites excluding steroid dienone is 2. The zero-order chi connectivity index (χ0) is 19.7. The molecule has 2 rings (SSSR count). The highest BCUT2D eigenvalue weighted by Crippen LogP contribution is 2.21. The van der Waals surface area contributed by atoms with Crippen molar-refractivity contribution >= 4 is 17.9 Å². The number of nitrogens with zero attached hydrogens (tertiary/aromatic N) is 1. The van der Waals surface area contributed by atoms with Gasteiger partial charge in [-0.2, -0.15) is 0 Å². The van der Waals surface area contributed by atoms with Crippen LogP contribution in [0.1, 0.15) is 26.3 Å². The average Bonchev–Trinajstić information content (AvgIpc) is 2.64. The van der Waals surface area contributed by atoms with Crippen LogP contribution < -0.4 is 9.64 Å². The molecule has 0 N–H and O–H groups in total. The van der Waals surface area contributed by atoms with Gasteiger partial charge in [-0.1, -0.05) is 54.6 Å². The van der Waals surface area contributed by atoms with E-state index in [1.165, 1.54) is 0 Å². The predicted octanol–water partition coefficient (Wildman–Crippen LogP) is 5.71. The second-order valence-electron chi connectivity index (χ2n) is 6.99. The number of carbonyl (C=O) groups is 1. The van der Waals surface area contributed by atoms with E-state index in [1.807, 2.05) is 99.7 Å². The predicted molar refractivity (Wildman–Crippen MR) is 111 cm³/mol.